The molecule has 1 aliphatic rings. The standard InChI is InChI=1S/C24H21BO4.C18H9BrO2/c1-23(2)24(3,4)29-25(28-23)14-9-10-20-16(11-14)18-12-17-15-7-5-6-8-19(15)26-21(17)13-22(18)27-20;19-10-5-6-16-12(7-10)14-8-13-11-3-1-2-4-15(11)20-17(13)9-18(14)21-16/h5-13H,1-4H3;1-9H. The molecule has 0 aliphatic carbocycles. The minimum Gasteiger partial charge on any atom is -0.456 e. The minimum atomic E-state index is -0.396. The predicted octanol–water partition coefficient (Wildman–Crippen LogP) is 12.0. The SMILES string of the molecule is Brc1ccc2oc3cc4oc5ccccc5c4cc3c2c1.CC1(C)OB(c2ccc3oc4cc5oc6ccccc6c5cc4c3c2)OC1(C)C. The molecule has 1 aliphatic heterocycles. The maximum absolute atomic E-state index is 6.24. The highest BCUT2D eigenvalue weighted by molar-refractivity contribution is 9.10. The van der Waals surface area contributed by atoms with Crippen LogP contribution >= 0.6 is 15.9 Å². The zero-order valence-corrected chi connectivity index (χ0v) is 29.4. The lowest BCUT2D eigenvalue weighted by Gasteiger charge is -2.32. The van der Waals surface area contributed by atoms with Gasteiger partial charge in [0, 0.05) is 59.7 Å². The molecule has 0 spiro atoms. The van der Waals surface area contributed by atoms with Crippen molar-refractivity contribution in [2.45, 2.75) is 38.9 Å². The molecule has 0 amide bonds. The molecule has 8 heteroatoms. The van der Waals surface area contributed by atoms with Crippen LogP contribution in [0, 0.1) is 0 Å². The second kappa shape index (κ2) is 10.5. The van der Waals surface area contributed by atoms with Crippen LogP contribution in [0.1, 0.15) is 27.7 Å². The van der Waals surface area contributed by atoms with Crippen molar-refractivity contribution in [2.75, 3.05) is 0 Å². The van der Waals surface area contributed by atoms with Gasteiger partial charge in [-0.15, -0.1) is 0 Å². The summed E-state index contributed by atoms with van der Waals surface area (Å²) in [6.45, 7) is 8.28. The van der Waals surface area contributed by atoms with Crippen LogP contribution in [0.4, 0.5) is 0 Å². The lowest BCUT2D eigenvalue weighted by molar-refractivity contribution is 0.00578. The zero-order valence-electron chi connectivity index (χ0n) is 27.8. The van der Waals surface area contributed by atoms with Crippen LogP contribution in [0.3, 0.4) is 0 Å². The maximum atomic E-state index is 6.24. The maximum Gasteiger partial charge on any atom is 0.494 e. The zero-order chi connectivity index (χ0) is 33.9. The summed E-state index contributed by atoms with van der Waals surface area (Å²) in [4.78, 5) is 0. The summed E-state index contributed by atoms with van der Waals surface area (Å²) in [5.41, 5.74) is 7.17. The highest BCUT2D eigenvalue weighted by atomic mass is 79.9. The van der Waals surface area contributed by atoms with Gasteiger partial charge in [-0.25, -0.2) is 0 Å². The highest BCUT2D eigenvalue weighted by Gasteiger charge is 2.51. The van der Waals surface area contributed by atoms with E-state index >= 15 is 0 Å². The molecule has 50 heavy (non-hydrogen) atoms. The first kappa shape index (κ1) is 29.9. The fourth-order valence-electron chi connectivity index (χ4n) is 7.11. The monoisotopic (exact) mass is 720 g/mol. The predicted molar refractivity (Wildman–Crippen MR) is 205 cm³/mol. The largest absolute Gasteiger partial charge is 0.494 e. The van der Waals surface area contributed by atoms with Crippen molar-refractivity contribution < 1.29 is 27.0 Å². The average molecular weight is 721 g/mol. The lowest BCUT2D eigenvalue weighted by atomic mass is 9.78. The summed E-state index contributed by atoms with van der Waals surface area (Å²) in [6, 6.07) is 36.7. The van der Waals surface area contributed by atoms with E-state index in [0.29, 0.717) is 0 Å². The summed E-state index contributed by atoms with van der Waals surface area (Å²) in [5.74, 6) is 0. The van der Waals surface area contributed by atoms with E-state index in [0.717, 1.165) is 97.7 Å². The molecule has 4 aromatic heterocycles. The second-order valence-corrected chi connectivity index (χ2v) is 15.0. The smallest absolute Gasteiger partial charge is 0.456 e. The van der Waals surface area contributed by atoms with Crippen LogP contribution in [0.15, 0.2) is 131 Å². The number of benzene rings is 6. The van der Waals surface area contributed by atoms with E-state index in [9.17, 15) is 0 Å². The molecule has 11 rings (SSSR count). The Balaban J connectivity index is 0.000000133. The Morgan fingerprint density at radius 3 is 1.32 bits per heavy atom. The van der Waals surface area contributed by atoms with Crippen molar-refractivity contribution in [1.82, 2.24) is 0 Å². The molecule has 244 valence electrons. The molecule has 6 nitrogen and oxygen atoms in total. The number of para-hydroxylation sites is 2. The van der Waals surface area contributed by atoms with Crippen molar-refractivity contribution in [1.29, 1.82) is 0 Å². The number of furan rings is 4. The van der Waals surface area contributed by atoms with E-state index in [1.807, 2.05) is 72.8 Å². The molecule has 1 fully saturated rings. The molecular weight excluding hydrogens is 691 g/mol. The molecule has 5 heterocycles. The molecule has 0 radical (unpaired) electrons. The molecule has 0 bridgehead atoms. The average Bonchev–Trinajstić information content (AvgIpc) is 3.88. The number of fused-ring (bicyclic) bond motifs is 12. The molecular formula is C42H30BBrO6. The molecule has 0 saturated carbocycles. The molecule has 0 N–H and O–H groups in total. The highest BCUT2D eigenvalue weighted by Crippen LogP contribution is 2.40. The normalized spacial score (nSPS) is 15.8. The molecule has 1 saturated heterocycles. The van der Waals surface area contributed by atoms with Gasteiger partial charge >= 0.3 is 7.12 Å². The van der Waals surface area contributed by atoms with Crippen LogP contribution in [-0.2, 0) is 9.31 Å². The van der Waals surface area contributed by atoms with Gasteiger partial charge in [0.2, 0.25) is 0 Å². The lowest BCUT2D eigenvalue weighted by Crippen LogP contribution is -2.41. The molecule has 6 aromatic carbocycles. The summed E-state index contributed by atoms with van der Waals surface area (Å²) in [6.07, 6.45) is 0. The van der Waals surface area contributed by atoms with Crippen molar-refractivity contribution >= 4 is 116 Å². The van der Waals surface area contributed by atoms with Crippen molar-refractivity contribution in [2.24, 2.45) is 0 Å². The van der Waals surface area contributed by atoms with Gasteiger partial charge in [-0.1, -0.05) is 64.5 Å². The van der Waals surface area contributed by atoms with Gasteiger partial charge in [-0.3, -0.25) is 0 Å². The second-order valence-electron chi connectivity index (χ2n) is 14.1. The van der Waals surface area contributed by atoms with Crippen molar-refractivity contribution in [3.63, 3.8) is 0 Å². The quantitative estimate of drug-likeness (QED) is 0.157. The van der Waals surface area contributed by atoms with Gasteiger partial charge in [-0.05, 0) is 81.7 Å². The first-order valence-electron chi connectivity index (χ1n) is 16.7. The Morgan fingerprint density at radius 1 is 0.400 bits per heavy atom. The van der Waals surface area contributed by atoms with Gasteiger partial charge in [0.1, 0.15) is 44.7 Å². The van der Waals surface area contributed by atoms with Gasteiger partial charge < -0.3 is 27.0 Å². The third kappa shape index (κ3) is 4.48. The third-order valence-corrected chi connectivity index (χ3v) is 10.9. The fourth-order valence-corrected chi connectivity index (χ4v) is 7.47. The number of rotatable bonds is 1. The number of hydrogen-bond acceptors (Lipinski definition) is 6. The van der Waals surface area contributed by atoms with E-state index in [1.54, 1.807) is 0 Å². The first-order chi connectivity index (χ1) is 24.1. The summed E-state index contributed by atoms with van der Waals surface area (Å²) >= 11 is 3.52. The third-order valence-electron chi connectivity index (χ3n) is 10.4. The molecule has 10 aromatic rings. The Labute approximate surface area is 294 Å². The Bertz CT molecular complexity index is 2960. The van der Waals surface area contributed by atoms with Crippen LogP contribution < -0.4 is 5.46 Å². The van der Waals surface area contributed by atoms with Crippen LogP contribution in [0.5, 0.6) is 0 Å². The topological polar surface area (TPSA) is 71.0 Å². The fraction of sp³-hybridized carbons (Fsp3) is 0.143. The van der Waals surface area contributed by atoms with Crippen LogP contribution in [-0.4, -0.2) is 18.3 Å². The van der Waals surface area contributed by atoms with E-state index in [-0.39, 0.29) is 11.2 Å². The number of halogens is 1. The summed E-state index contributed by atoms with van der Waals surface area (Å²) in [7, 11) is -0.396. The first-order valence-corrected chi connectivity index (χ1v) is 17.5. The Hall–Kier alpha value is -5.02. The Morgan fingerprint density at radius 2 is 0.800 bits per heavy atom. The van der Waals surface area contributed by atoms with Crippen LogP contribution in [0.2, 0.25) is 0 Å². The van der Waals surface area contributed by atoms with Gasteiger partial charge in [0.25, 0.3) is 0 Å². The number of hydrogen-bond donors (Lipinski definition) is 0. The summed E-state index contributed by atoms with van der Waals surface area (Å²) in [5, 5.41) is 8.82. The molecule has 0 atom stereocenters. The molecule has 0 unspecified atom stereocenters. The van der Waals surface area contributed by atoms with Crippen molar-refractivity contribution in [3.05, 3.63) is 114 Å². The van der Waals surface area contributed by atoms with Gasteiger partial charge in [0.05, 0.1) is 11.2 Å². The summed E-state index contributed by atoms with van der Waals surface area (Å²) < 4.78 is 37.5. The van der Waals surface area contributed by atoms with E-state index in [4.69, 9.17) is 27.0 Å². The Kier molecular flexibility index (Phi) is 6.27. The van der Waals surface area contributed by atoms with Crippen LogP contribution in [0.25, 0.3) is 87.8 Å². The van der Waals surface area contributed by atoms with Gasteiger partial charge in [-0.2, -0.15) is 0 Å². The van der Waals surface area contributed by atoms with Crippen molar-refractivity contribution in [3.8, 4) is 0 Å². The van der Waals surface area contributed by atoms with E-state index in [1.165, 1.54) is 0 Å². The van der Waals surface area contributed by atoms with E-state index < -0.39 is 7.12 Å². The van der Waals surface area contributed by atoms with Gasteiger partial charge in [0.15, 0.2) is 0 Å². The van der Waals surface area contributed by atoms with E-state index in [2.05, 4.69) is 80.0 Å². The minimum absolute atomic E-state index is 0.368.